The molecule has 1 aliphatic carbocycles. The van der Waals surface area contributed by atoms with Crippen molar-refractivity contribution in [2.75, 3.05) is 20.3 Å². The maximum Gasteiger partial charge on any atom is 0.123 e. The molecule has 0 aromatic heterocycles. The normalized spacial score (nSPS) is 17.6. The van der Waals surface area contributed by atoms with Crippen molar-refractivity contribution in [1.82, 2.24) is 5.32 Å². The Hall–Kier alpha value is -1.06. The lowest BCUT2D eigenvalue weighted by molar-refractivity contribution is 0.0593. The van der Waals surface area contributed by atoms with Crippen molar-refractivity contribution in [3.63, 3.8) is 0 Å². The second-order valence-corrected chi connectivity index (χ2v) is 5.20. The van der Waals surface area contributed by atoms with E-state index in [1.165, 1.54) is 31.2 Å². The first-order valence-corrected chi connectivity index (χ1v) is 7.29. The van der Waals surface area contributed by atoms with Crippen LogP contribution in [0.25, 0.3) is 0 Å². The van der Waals surface area contributed by atoms with Gasteiger partial charge in [-0.15, -0.1) is 0 Å². The molecule has 0 spiro atoms. The molecule has 0 bridgehead atoms. The van der Waals surface area contributed by atoms with Crippen LogP contribution in [0.4, 0.5) is 0 Å². The van der Waals surface area contributed by atoms with E-state index in [4.69, 9.17) is 9.47 Å². The average Bonchev–Trinajstić information content (AvgIpc) is 2.96. The Morgan fingerprint density at radius 3 is 2.74 bits per heavy atom. The van der Waals surface area contributed by atoms with Gasteiger partial charge in [0, 0.05) is 18.2 Å². The smallest absolute Gasteiger partial charge is 0.123 e. The Balaban J connectivity index is 1.72. The molecule has 1 fully saturated rings. The number of hydrogen-bond donors (Lipinski definition) is 1. The maximum absolute atomic E-state index is 5.85. The van der Waals surface area contributed by atoms with Crippen molar-refractivity contribution >= 4 is 0 Å². The number of benzene rings is 1. The summed E-state index contributed by atoms with van der Waals surface area (Å²) in [4.78, 5) is 0. The van der Waals surface area contributed by atoms with E-state index in [9.17, 15) is 0 Å². The summed E-state index contributed by atoms with van der Waals surface area (Å²) in [5.41, 5.74) is 1.20. The van der Waals surface area contributed by atoms with Crippen molar-refractivity contribution in [3.05, 3.63) is 29.8 Å². The number of ether oxygens (including phenoxy) is 2. The molecular formula is C16H25NO2. The van der Waals surface area contributed by atoms with Crippen molar-refractivity contribution in [2.24, 2.45) is 0 Å². The molecule has 3 nitrogen and oxygen atoms in total. The summed E-state index contributed by atoms with van der Waals surface area (Å²) in [6.45, 7) is 3.84. The van der Waals surface area contributed by atoms with E-state index in [1.54, 1.807) is 7.11 Å². The van der Waals surface area contributed by atoms with Crippen molar-refractivity contribution in [3.8, 4) is 5.75 Å². The quantitative estimate of drug-likeness (QED) is 0.766. The second-order valence-electron chi connectivity index (χ2n) is 5.20. The monoisotopic (exact) mass is 263 g/mol. The van der Waals surface area contributed by atoms with Crippen molar-refractivity contribution < 1.29 is 9.47 Å². The number of hydrogen-bond acceptors (Lipinski definition) is 3. The predicted molar refractivity (Wildman–Crippen MR) is 77.6 cm³/mol. The van der Waals surface area contributed by atoms with Crippen LogP contribution in [0.15, 0.2) is 24.3 Å². The molecule has 1 aromatic carbocycles. The van der Waals surface area contributed by atoms with Crippen LogP contribution in [0.3, 0.4) is 0 Å². The number of para-hydroxylation sites is 1. The third-order valence-electron chi connectivity index (χ3n) is 3.81. The number of rotatable bonds is 7. The van der Waals surface area contributed by atoms with Crippen LogP contribution in [-0.2, 0) is 4.74 Å². The van der Waals surface area contributed by atoms with Crippen LogP contribution >= 0.6 is 0 Å². The third-order valence-corrected chi connectivity index (χ3v) is 3.81. The van der Waals surface area contributed by atoms with Gasteiger partial charge >= 0.3 is 0 Å². The first kappa shape index (κ1) is 14.4. The van der Waals surface area contributed by atoms with Crippen LogP contribution in [-0.4, -0.2) is 26.4 Å². The fourth-order valence-electron chi connectivity index (χ4n) is 2.69. The molecular weight excluding hydrogens is 238 g/mol. The SMILES string of the molecule is COc1ccccc1C(C)NCCOC1CCCC1. The minimum atomic E-state index is 0.281. The molecule has 1 aromatic rings. The van der Waals surface area contributed by atoms with E-state index in [0.717, 1.165) is 18.9 Å². The van der Waals surface area contributed by atoms with Gasteiger partial charge < -0.3 is 14.8 Å². The lowest BCUT2D eigenvalue weighted by Crippen LogP contribution is -2.25. The Kier molecular flexibility index (Phi) is 5.67. The van der Waals surface area contributed by atoms with Gasteiger partial charge in [-0.2, -0.15) is 0 Å². The van der Waals surface area contributed by atoms with Gasteiger partial charge in [-0.3, -0.25) is 0 Å². The molecule has 3 heteroatoms. The topological polar surface area (TPSA) is 30.5 Å². The molecule has 1 N–H and O–H groups in total. The zero-order valence-electron chi connectivity index (χ0n) is 12.0. The Labute approximate surface area is 116 Å². The minimum absolute atomic E-state index is 0.281. The van der Waals surface area contributed by atoms with Gasteiger partial charge in [0.1, 0.15) is 5.75 Å². The van der Waals surface area contributed by atoms with Gasteiger partial charge in [-0.05, 0) is 25.8 Å². The molecule has 2 rings (SSSR count). The maximum atomic E-state index is 5.85. The lowest BCUT2D eigenvalue weighted by atomic mass is 10.1. The molecule has 1 unspecified atom stereocenters. The highest BCUT2D eigenvalue weighted by atomic mass is 16.5. The van der Waals surface area contributed by atoms with Crippen LogP contribution in [0.2, 0.25) is 0 Å². The second kappa shape index (κ2) is 7.51. The first-order valence-electron chi connectivity index (χ1n) is 7.29. The van der Waals surface area contributed by atoms with Crippen LogP contribution in [0.1, 0.15) is 44.2 Å². The molecule has 0 radical (unpaired) electrons. The Morgan fingerprint density at radius 1 is 1.26 bits per heavy atom. The van der Waals surface area contributed by atoms with E-state index in [2.05, 4.69) is 18.3 Å². The molecule has 0 heterocycles. The molecule has 1 atom stereocenters. The average molecular weight is 263 g/mol. The Bertz CT molecular complexity index is 375. The summed E-state index contributed by atoms with van der Waals surface area (Å²) in [5.74, 6) is 0.944. The molecule has 1 saturated carbocycles. The van der Waals surface area contributed by atoms with E-state index in [1.807, 2.05) is 18.2 Å². The van der Waals surface area contributed by atoms with E-state index >= 15 is 0 Å². The predicted octanol–water partition coefficient (Wildman–Crippen LogP) is 3.31. The fourth-order valence-corrected chi connectivity index (χ4v) is 2.69. The van der Waals surface area contributed by atoms with Gasteiger partial charge in [0.2, 0.25) is 0 Å². The van der Waals surface area contributed by atoms with Gasteiger partial charge in [-0.25, -0.2) is 0 Å². The summed E-state index contributed by atoms with van der Waals surface area (Å²) in [6.07, 6.45) is 5.64. The molecule has 0 amide bonds. The summed E-state index contributed by atoms with van der Waals surface area (Å²) in [6, 6.07) is 8.43. The molecule has 19 heavy (non-hydrogen) atoms. The summed E-state index contributed by atoms with van der Waals surface area (Å²) in [5, 5.41) is 3.49. The van der Waals surface area contributed by atoms with E-state index in [-0.39, 0.29) is 6.04 Å². The zero-order valence-corrected chi connectivity index (χ0v) is 12.0. The van der Waals surface area contributed by atoms with Gasteiger partial charge in [0.15, 0.2) is 0 Å². The first-order chi connectivity index (χ1) is 9.31. The standard InChI is InChI=1S/C16H25NO2/c1-13(15-9-5-6-10-16(15)18-2)17-11-12-19-14-7-3-4-8-14/h5-6,9-10,13-14,17H,3-4,7-8,11-12H2,1-2H3. The van der Waals surface area contributed by atoms with Crippen molar-refractivity contribution in [2.45, 2.75) is 44.8 Å². The van der Waals surface area contributed by atoms with E-state index < -0.39 is 0 Å². The Morgan fingerprint density at radius 2 is 2.00 bits per heavy atom. The number of methoxy groups -OCH3 is 1. The van der Waals surface area contributed by atoms with Gasteiger partial charge in [0.05, 0.1) is 19.8 Å². The van der Waals surface area contributed by atoms with Gasteiger partial charge in [-0.1, -0.05) is 31.0 Å². The highest BCUT2D eigenvalue weighted by Gasteiger charge is 2.15. The van der Waals surface area contributed by atoms with Gasteiger partial charge in [0.25, 0.3) is 0 Å². The lowest BCUT2D eigenvalue weighted by Gasteiger charge is -2.18. The largest absolute Gasteiger partial charge is 0.496 e. The minimum Gasteiger partial charge on any atom is -0.496 e. The third kappa shape index (κ3) is 4.22. The summed E-state index contributed by atoms with van der Waals surface area (Å²) >= 11 is 0. The van der Waals surface area contributed by atoms with E-state index in [0.29, 0.717) is 6.10 Å². The summed E-state index contributed by atoms with van der Waals surface area (Å²) < 4.78 is 11.2. The zero-order chi connectivity index (χ0) is 13.5. The van der Waals surface area contributed by atoms with Crippen LogP contribution in [0, 0.1) is 0 Å². The van der Waals surface area contributed by atoms with Crippen molar-refractivity contribution in [1.29, 1.82) is 0 Å². The highest BCUT2D eigenvalue weighted by Crippen LogP contribution is 2.24. The molecule has 1 aliphatic rings. The highest BCUT2D eigenvalue weighted by molar-refractivity contribution is 5.35. The fraction of sp³-hybridized carbons (Fsp3) is 0.625. The van der Waals surface area contributed by atoms with Crippen LogP contribution < -0.4 is 10.1 Å². The van der Waals surface area contributed by atoms with Crippen LogP contribution in [0.5, 0.6) is 5.75 Å². The molecule has 0 aliphatic heterocycles. The summed E-state index contributed by atoms with van der Waals surface area (Å²) in [7, 11) is 1.72. The molecule has 106 valence electrons. The molecule has 0 saturated heterocycles. The number of nitrogens with one attached hydrogen (secondary N) is 1.